The number of fused-ring (bicyclic) bond motifs is 2. The van der Waals surface area contributed by atoms with Gasteiger partial charge < -0.3 is 4.90 Å². The molecule has 33 heavy (non-hydrogen) atoms. The Morgan fingerprint density at radius 3 is 2.52 bits per heavy atom. The molecule has 4 heterocycles. The van der Waals surface area contributed by atoms with Crippen LogP contribution in [0.2, 0.25) is 0 Å². The first-order chi connectivity index (χ1) is 15.8. The van der Waals surface area contributed by atoms with Gasteiger partial charge in [-0.1, -0.05) is 6.07 Å². The molecule has 170 valence electrons. The third kappa shape index (κ3) is 3.94. The standard InChI is InChI=1S/C23H19F4N5O/c24-17-4-1-3-16(20(17)21-28-7-2-8-29-21)22(33)32-15-5-6-18(32)13(10-15)9-14-11-31-19(12-30-14)23(25,26)27/h1-4,7-8,11-13,15,18H,5-6,9-10H2. The molecule has 3 unspecified atom stereocenters. The molecule has 1 aromatic carbocycles. The summed E-state index contributed by atoms with van der Waals surface area (Å²) in [5.41, 5.74) is -0.303. The minimum absolute atomic E-state index is 0.0114. The smallest absolute Gasteiger partial charge is 0.332 e. The molecule has 5 rings (SSSR count). The fourth-order valence-electron chi connectivity index (χ4n) is 5.02. The van der Waals surface area contributed by atoms with Gasteiger partial charge in [-0.05, 0) is 49.8 Å². The second kappa shape index (κ2) is 8.17. The van der Waals surface area contributed by atoms with Gasteiger partial charge in [0.05, 0.1) is 23.0 Å². The van der Waals surface area contributed by atoms with Crippen LogP contribution < -0.4 is 0 Å². The number of nitrogens with zero attached hydrogens (tertiary/aromatic N) is 5. The maximum atomic E-state index is 14.7. The first-order valence-electron chi connectivity index (χ1n) is 10.6. The molecule has 0 radical (unpaired) electrons. The number of amides is 1. The minimum atomic E-state index is -4.54. The molecule has 2 fully saturated rings. The van der Waals surface area contributed by atoms with Crippen LogP contribution in [0.5, 0.6) is 0 Å². The molecule has 0 spiro atoms. The first-order valence-corrected chi connectivity index (χ1v) is 10.6. The van der Waals surface area contributed by atoms with E-state index in [2.05, 4.69) is 19.9 Å². The number of benzene rings is 1. The third-order valence-electron chi connectivity index (χ3n) is 6.40. The van der Waals surface area contributed by atoms with Crippen molar-refractivity contribution in [2.45, 2.75) is 43.9 Å². The fraction of sp³-hybridized carbons (Fsp3) is 0.348. The summed E-state index contributed by atoms with van der Waals surface area (Å²) in [4.78, 5) is 31.0. The number of halogens is 4. The van der Waals surface area contributed by atoms with Crippen LogP contribution in [-0.2, 0) is 12.6 Å². The van der Waals surface area contributed by atoms with E-state index in [0.717, 1.165) is 25.2 Å². The largest absolute Gasteiger partial charge is 0.434 e. The summed E-state index contributed by atoms with van der Waals surface area (Å²) in [5, 5.41) is 0. The molecule has 0 N–H and O–H groups in total. The highest BCUT2D eigenvalue weighted by atomic mass is 19.4. The van der Waals surface area contributed by atoms with Crippen LogP contribution >= 0.6 is 0 Å². The molecular weight excluding hydrogens is 438 g/mol. The van der Waals surface area contributed by atoms with Crippen molar-refractivity contribution >= 4 is 5.91 Å². The summed E-state index contributed by atoms with van der Waals surface area (Å²) in [6.07, 6.45) is 3.08. The minimum Gasteiger partial charge on any atom is -0.332 e. The summed E-state index contributed by atoms with van der Waals surface area (Å²) >= 11 is 0. The van der Waals surface area contributed by atoms with Crippen molar-refractivity contribution in [3.63, 3.8) is 0 Å². The van der Waals surface area contributed by atoms with Gasteiger partial charge in [0.15, 0.2) is 11.5 Å². The molecular formula is C23H19F4N5O. The van der Waals surface area contributed by atoms with Gasteiger partial charge in [-0.2, -0.15) is 13.2 Å². The van der Waals surface area contributed by atoms with E-state index in [1.54, 1.807) is 17.0 Å². The number of hydrogen-bond donors (Lipinski definition) is 0. The van der Waals surface area contributed by atoms with Crippen LogP contribution in [0.1, 0.15) is 41.0 Å². The zero-order valence-electron chi connectivity index (χ0n) is 17.3. The highest BCUT2D eigenvalue weighted by Crippen LogP contribution is 2.44. The molecule has 2 aliphatic rings. The van der Waals surface area contributed by atoms with Gasteiger partial charge in [0.2, 0.25) is 0 Å². The van der Waals surface area contributed by atoms with Gasteiger partial charge in [0.1, 0.15) is 5.82 Å². The lowest BCUT2D eigenvalue weighted by Gasteiger charge is -2.25. The quantitative estimate of drug-likeness (QED) is 0.546. The highest BCUT2D eigenvalue weighted by Gasteiger charge is 2.49. The topological polar surface area (TPSA) is 71.9 Å². The first kappa shape index (κ1) is 21.4. The van der Waals surface area contributed by atoms with Gasteiger partial charge in [0.25, 0.3) is 5.91 Å². The Morgan fingerprint density at radius 1 is 1.03 bits per heavy atom. The molecule has 10 heteroatoms. The van der Waals surface area contributed by atoms with Gasteiger partial charge in [-0.3, -0.25) is 9.78 Å². The zero-order valence-corrected chi connectivity index (χ0v) is 17.3. The Bertz CT molecular complexity index is 1170. The van der Waals surface area contributed by atoms with E-state index >= 15 is 0 Å². The summed E-state index contributed by atoms with van der Waals surface area (Å²) < 4.78 is 53.0. The SMILES string of the molecule is O=C(c1cccc(F)c1-c1ncccn1)N1C2CCC1C(Cc1cnc(C(F)(F)F)cn1)C2. The number of hydrogen-bond acceptors (Lipinski definition) is 5. The summed E-state index contributed by atoms with van der Waals surface area (Å²) in [6, 6.07) is 5.84. The lowest BCUT2D eigenvalue weighted by Crippen LogP contribution is -2.37. The molecule has 2 aromatic heterocycles. The number of rotatable bonds is 4. The van der Waals surface area contributed by atoms with Crippen molar-refractivity contribution in [2.75, 3.05) is 0 Å². The van der Waals surface area contributed by atoms with Crippen molar-refractivity contribution in [1.29, 1.82) is 0 Å². The van der Waals surface area contributed by atoms with E-state index in [1.807, 2.05) is 0 Å². The molecule has 2 aliphatic heterocycles. The average Bonchev–Trinajstić information content (AvgIpc) is 3.36. The number of alkyl halides is 3. The predicted octanol–water partition coefficient (Wildman–Crippen LogP) is 4.33. The molecule has 0 saturated carbocycles. The molecule has 2 saturated heterocycles. The Labute approximate surface area is 186 Å². The second-order valence-corrected chi connectivity index (χ2v) is 8.34. The van der Waals surface area contributed by atoms with E-state index in [1.165, 1.54) is 24.5 Å². The maximum Gasteiger partial charge on any atom is 0.434 e. The van der Waals surface area contributed by atoms with Crippen molar-refractivity contribution in [1.82, 2.24) is 24.8 Å². The van der Waals surface area contributed by atoms with Gasteiger partial charge in [-0.15, -0.1) is 0 Å². The van der Waals surface area contributed by atoms with E-state index < -0.39 is 17.7 Å². The zero-order chi connectivity index (χ0) is 23.2. The number of carbonyl (C=O) groups is 1. The predicted molar refractivity (Wildman–Crippen MR) is 109 cm³/mol. The highest BCUT2D eigenvalue weighted by molar-refractivity contribution is 6.01. The van der Waals surface area contributed by atoms with Crippen LogP contribution in [-0.4, -0.2) is 42.8 Å². The molecule has 3 aromatic rings. The Kier molecular flexibility index (Phi) is 5.30. The van der Waals surface area contributed by atoms with Gasteiger partial charge in [0, 0.05) is 30.7 Å². The fourth-order valence-corrected chi connectivity index (χ4v) is 5.02. The monoisotopic (exact) mass is 457 g/mol. The van der Waals surface area contributed by atoms with Crippen molar-refractivity contribution in [3.05, 3.63) is 71.8 Å². The molecule has 2 bridgehead atoms. The Balaban J connectivity index is 1.39. The summed E-state index contributed by atoms with van der Waals surface area (Å²) in [7, 11) is 0. The average molecular weight is 457 g/mol. The van der Waals surface area contributed by atoms with Gasteiger partial charge in [-0.25, -0.2) is 19.3 Å². The number of aromatic nitrogens is 4. The van der Waals surface area contributed by atoms with E-state index in [-0.39, 0.29) is 40.9 Å². The van der Waals surface area contributed by atoms with Crippen LogP contribution in [0.3, 0.4) is 0 Å². The summed E-state index contributed by atoms with van der Waals surface area (Å²) in [5.74, 6) is -0.675. The van der Waals surface area contributed by atoms with Crippen LogP contribution in [0, 0.1) is 11.7 Å². The molecule has 6 nitrogen and oxygen atoms in total. The maximum absolute atomic E-state index is 14.7. The van der Waals surface area contributed by atoms with E-state index in [9.17, 15) is 22.4 Å². The normalized spacial score (nSPS) is 22.1. The molecule has 0 aliphatic carbocycles. The third-order valence-corrected chi connectivity index (χ3v) is 6.40. The van der Waals surface area contributed by atoms with Crippen LogP contribution in [0.4, 0.5) is 17.6 Å². The van der Waals surface area contributed by atoms with Crippen molar-refractivity contribution < 1.29 is 22.4 Å². The second-order valence-electron chi connectivity index (χ2n) is 8.34. The van der Waals surface area contributed by atoms with Crippen molar-refractivity contribution in [2.24, 2.45) is 5.92 Å². The lowest BCUT2D eigenvalue weighted by molar-refractivity contribution is -0.141. The molecule has 1 amide bonds. The van der Waals surface area contributed by atoms with Gasteiger partial charge >= 0.3 is 6.18 Å². The van der Waals surface area contributed by atoms with Crippen LogP contribution in [0.15, 0.2) is 49.1 Å². The Morgan fingerprint density at radius 2 is 1.82 bits per heavy atom. The van der Waals surface area contributed by atoms with E-state index in [4.69, 9.17) is 0 Å². The van der Waals surface area contributed by atoms with Crippen LogP contribution in [0.25, 0.3) is 11.4 Å². The van der Waals surface area contributed by atoms with E-state index in [0.29, 0.717) is 18.5 Å². The molecule has 3 atom stereocenters. The number of carbonyl (C=O) groups excluding carboxylic acids is 1. The van der Waals surface area contributed by atoms with Crippen molar-refractivity contribution in [3.8, 4) is 11.4 Å². The lowest BCUT2D eigenvalue weighted by atomic mass is 9.86. The summed E-state index contributed by atoms with van der Waals surface area (Å²) in [6.45, 7) is 0. The Hall–Kier alpha value is -3.43.